The Kier molecular flexibility index (Phi) is 4.78. The van der Waals surface area contributed by atoms with Crippen LogP contribution in [0.2, 0.25) is 0 Å². The minimum absolute atomic E-state index is 0.0306. The molecule has 0 fully saturated rings. The molecule has 0 heterocycles. The average molecular weight is 243 g/mol. The van der Waals surface area contributed by atoms with Crippen molar-refractivity contribution in [3.8, 4) is 0 Å². The van der Waals surface area contributed by atoms with Gasteiger partial charge in [0, 0.05) is 5.69 Å². The number of carboxylic acids is 1. The predicted molar refractivity (Wildman–Crippen MR) is 60.0 cm³/mol. The first kappa shape index (κ1) is 12.5. The van der Waals surface area contributed by atoms with Gasteiger partial charge in [0.25, 0.3) is 0 Å². The largest absolute Gasteiger partial charge is 0.481 e. The summed E-state index contributed by atoms with van der Waals surface area (Å²) in [7, 11) is 0. The summed E-state index contributed by atoms with van der Waals surface area (Å²) in [6.07, 6.45) is 0. The number of hydrogen-bond donors (Lipinski definition) is 2. The van der Waals surface area contributed by atoms with Gasteiger partial charge >= 0.3 is 5.97 Å². The predicted octanol–water partition coefficient (Wildman–Crippen LogP) is 1.58. The highest BCUT2D eigenvalue weighted by Crippen LogP contribution is 2.09. The lowest BCUT2D eigenvalue weighted by Gasteiger charge is -2.03. The number of halogens is 1. The van der Waals surface area contributed by atoms with E-state index in [4.69, 9.17) is 5.11 Å². The van der Waals surface area contributed by atoms with Crippen LogP contribution in [0.4, 0.5) is 10.1 Å². The fourth-order valence-electron chi connectivity index (χ4n) is 0.994. The van der Waals surface area contributed by atoms with Gasteiger partial charge in [-0.3, -0.25) is 9.59 Å². The van der Waals surface area contributed by atoms with Crippen LogP contribution in [0.1, 0.15) is 0 Å². The van der Waals surface area contributed by atoms with E-state index in [2.05, 4.69) is 5.32 Å². The van der Waals surface area contributed by atoms with Gasteiger partial charge in [-0.2, -0.15) is 0 Å². The van der Waals surface area contributed by atoms with Gasteiger partial charge in [0.2, 0.25) is 5.91 Å². The quantitative estimate of drug-likeness (QED) is 0.824. The third-order valence-corrected chi connectivity index (χ3v) is 2.48. The summed E-state index contributed by atoms with van der Waals surface area (Å²) in [5.74, 6) is -1.85. The monoisotopic (exact) mass is 243 g/mol. The lowest BCUT2D eigenvalue weighted by Crippen LogP contribution is -2.15. The molecule has 0 spiro atoms. The van der Waals surface area contributed by atoms with Crippen LogP contribution < -0.4 is 5.32 Å². The molecule has 1 aromatic carbocycles. The zero-order chi connectivity index (χ0) is 12.0. The van der Waals surface area contributed by atoms with Crippen molar-refractivity contribution in [2.24, 2.45) is 0 Å². The van der Waals surface area contributed by atoms with Crippen molar-refractivity contribution in [1.82, 2.24) is 0 Å². The molecule has 0 aliphatic carbocycles. The molecule has 0 saturated heterocycles. The summed E-state index contributed by atoms with van der Waals surface area (Å²) >= 11 is 0.988. The number of benzene rings is 1. The summed E-state index contributed by atoms with van der Waals surface area (Å²) in [4.78, 5) is 21.4. The second-order valence-corrected chi connectivity index (χ2v) is 3.93. The van der Waals surface area contributed by atoms with E-state index in [1.54, 1.807) is 6.07 Å². The van der Waals surface area contributed by atoms with E-state index in [1.807, 2.05) is 0 Å². The van der Waals surface area contributed by atoms with E-state index in [9.17, 15) is 14.0 Å². The van der Waals surface area contributed by atoms with Gasteiger partial charge in [0.1, 0.15) is 5.82 Å². The Labute approximate surface area is 95.8 Å². The molecule has 1 aromatic rings. The second-order valence-electron chi connectivity index (χ2n) is 2.95. The number of nitrogens with one attached hydrogen (secondary N) is 1. The Hall–Kier alpha value is -1.56. The Morgan fingerprint density at radius 1 is 1.38 bits per heavy atom. The van der Waals surface area contributed by atoms with Crippen LogP contribution in [0.25, 0.3) is 0 Å². The lowest BCUT2D eigenvalue weighted by atomic mass is 10.3. The first-order valence-electron chi connectivity index (χ1n) is 4.43. The van der Waals surface area contributed by atoms with E-state index in [-0.39, 0.29) is 17.4 Å². The fourth-order valence-corrected chi connectivity index (χ4v) is 1.53. The smallest absolute Gasteiger partial charge is 0.313 e. The van der Waals surface area contributed by atoms with Crippen LogP contribution in [-0.4, -0.2) is 28.5 Å². The molecule has 1 rings (SSSR count). The van der Waals surface area contributed by atoms with Crippen molar-refractivity contribution in [3.63, 3.8) is 0 Å². The summed E-state index contributed by atoms with van der Waals surface area (Å²) < 4.78 is 12.7. The summed E-state index contributed by atoms with van der Waals surface area (Å²) in [6.45, 7) is 0. The van der Waals surface area contributed by atoms with E-state index in [0.717, 1.165) is 11.8 Å². The molecular weight excluding hydrogens is 233 g/mol. The standard InChI is InChI=1S/C10H10FNO3S/c11-7-2-1-3-8(4-7)12-9(13)5-16-6-10(14)15/h1-4H,5-6H2,(H,12,13)(H,14,15). The Morgan fingerprint density at radius 3 is 2.75 bits per heavy atom. The molecule has 4 nitrogen and oxygen atoms in total. The number of amides is 1. The molecule has 86 valence electrons. The van der Waals surface area contributed by atoms with Gasteiger partial charge in [0.15, 0.2) is 0 Å². The number of carbonyl (C=O) groups is 2. The molecule has 1 amide bonds. The molecule has 2 N–H and O–H groups in total. The number of carbonyl (C=O) groups excluding carboxylic acids is 1. The molecule has 0 bridgehead atoms. The van der Waals surface area contributed by atoms with Crippen molar-refractivity contribution < 1.29 is 19.1 Å². The van der Waals surface area contributed by atoms with Crippen LogP contribution in [0, 0.1) is 5.82 Å². The van der Waals surface area contributed by atoms with Crippen LogP contribution in [-0.2, 0) is 9.59 Å². The van der Waals surface area contributed by atoms with Gasteiger partial charge in [-0.25, -0.2) is 4.39 Å². The highest BCUT2D eigenvalue weighted by molar-refractivity contribution is 8.00. The van der Waals surface area contributed by atoms with Gasteiger partial charge < -0.3 is 10.4 Å². The van der Waals surface area contributed by atoms with Gasteiger partial charge in [-0.1, -0.05) is 6.07 Å². The number of hydrogen-bond acceptors (Lipinski definition) is 3. The van der Waals surface area contributed by atoms with E-state index in [0.29, 0.717) is 5.69 Å². The molecule has 16 heavy (non-hydrogen) atoms. The Bertz CT molecular complexity index is 397. The minimum Gasteiger partial charge on any atom is -0.481 e. The van der Waals surface area contributed by atoms with Crippen molar-refractivity contribution >= 4 is 29.3 Å². The maximum atomic E-state index is 12.7. The number of rotatable bonds is 5. The van der Waals surface area contributed by atoms with Crippen LogP contribution >= 0.6 is 11.8 Å². The molecule has 6 heteroatoms. The van der Waals surface area contributed by atoms with E-state index in [1.165, 1.54) is 18.2 Å². The molecule has 0 atom stereocenters. The van der Waals surface area contributed by atoms with Crippen molar-refractivity contribution in [2.75, 3.05) is 16.8 Å². The first-order valence-corrected chi connectivity index (χ1v) is 5.58. The molecule has 0 aromatic heterocycles. The molecule has 0 unspecified atom stereocenters. The summed E-state index contributed by atoms with van der Waals surface area (Å²) in [5.41, 5.74) is 0.362. The van der Waals surface area contributed by atoms with Crippen molar-refractivity contribution in [1.29, 1.82) is 0 Å². The van der Waals surface area contributed by atoms with Gasteiger partial charge in [-0.05, 0) is 18.2 Å². The number of thioether (sulfide) groups is 1. The van der Waals surface area contributed by atoms with E-state index < -0.39 is 11.8 Å². The molecular formula is C10H10FNO3S. The van der Waals surface area contributed by atoms with Crippen molar-refractivity contribution in [3.05, 3.63) is 30.1 Å². The van der Waals surface area contributed by atoms with Gasteiger partial charge in [-0.15, -0.1) is 11.8 Å². The summed E-state index contributed by atoms with van der Waals surface area (Å²) in [6, 6.07) is 5.51. The highest BCUT2D eigenvalue weighted by atomic mass is 32.2. The third kappa shape index (κ3) is 4.79. The molecule has 0 radical (unpaired) electrons. The Morgan fingerprint density at radius 2 is 2.12 bits per heavy atom. The number of aliphatic carboxylic acids is 1. The third-order valence-electron chi connectivity index (χ3n) is 1.57. The normalized spacial score (nSPS) is 9.81. The van der Waals surface area contributed by atoms with Crippen LogP contribution in [0.15, 0.2) is 24.3 Å². The van der Waals surface area contributed by atoms with Crippen LogP contribution in [0.5, 0.6) is 0 Å². The maximum Gasteiger partial charge on any atom is 0.313 e. The van der Waals surface area contributed by atoms with E-state index >= 15 is 0 Å². The topological polar surface area (TPSA) is 66.4 Å². The molecule has 0 aliphatic heterocycles. The van der Waals surface area contributed by atoms with Crippen LogP contribution in [0.3, 0.4) is 0 Å². The molecule has 0 saturated carbocycles. The second kappa shape index (κ2) is 6.12. The zero-order valence-electron chi connectivity index (χ0n) is 8.27. The fraction of sp³-hybridized carbons (Fsp3) is 0.200. The number of carboxylic acid groups (broad SMARTS) is 1. The number of anilines is 1. The lowest BCUT2D eigenvalue weighted by molar-refractivity contribution is -0.133. The zero-order valence-corrected chi connectivity index (χ0v) is 9.09. The average Bonchev–Trinajstić information content (AvgIpc) is 2.16. The SMILES string of the molecule is O=C(O)CSCC(=O)Nc1cccc(F)c1. The van der Waals surface area contributed by atoms with Crippen molar-refractivity contribution in [2.45, 2.75) is 0 Å². The summed E-state index contributed by atoms with van der Waals surface area (Å²) in [5, 5.41) is 10.8. The first-order chi connectivity index (χ1) is 7.58. The molecule has 0 aliphatic rings. The highest BCUT2D eigenvalue weighted by Gasteiger charge is 2.04. The van der Waals surface area contributed by atoms with Gasteiger partial charge in [0.05, 0.1) is 11.5 Å². The minimum atomic E-state index is -0.969. The maximum absolute atomic E-state index is 12.7. The Balaban J connectivity index is 2.37.